The van der Waals surface area contributed by atoms with Crippen molar-refractivity contribution in [2.24, 2.45) is 0 Å². The normalized spacial score (nSPS) is 10.4. The van der Waals surface area contributed by atoms with Crippen molar-refractivity contribution in [3.63, 3.8) is 0 Å². The Hall–Kier alpha value is -2.04. The van der Waals surface area contributed by atoms with Crippen molar-refractivity contribution >= 4 is 45.6 Å². The Kier molecular flexibility index (Phi) is 5.52. The van der Waals surface area contributed by atoms with Gasteiger partial charge in [-0.1, -0.05) is 37.0 Å². The van der Waals surface area contributed by atoms with Crippen molar-refractivity contribution < 1.29 is 13.6 Å². The highest BCUT2D eigenvalue weighted by Crippen LogP contribution is 2.33. The second kappa shape index (κ2) is 7.24. The summed E-state index contributed by atoms with van der Waals surface area (Å²) in [6.07, 6.45) is 0. The number of nitrogens with two attached hydrogens (primary N) is 1. The quantitative estimate of drug-likeness (QED) is 0.562. The van der Waals surface area contributed by atoms with Gasteiger partial charge < -0.3 is 10.2 Å². The molecule has 1 heterocycles. The highest BCUT2D eigenvalue weighted by molar-refractivity contribution is 6.37. The monoisotopic (exact) mass is 367 g/mol. The van der Waals surface area contributed by atoms with E-state index >= 15 is 0 Å². The van der Waals surface area contributed by atoms with Crippen LogP contribution >= 0.6 is 23.2 Å². The van der Waals surface area contributed by atoms with E-state index in [1.54, 1.807) is 13.0 Å². The molecule has 3 nitrogen and oxygen atoms in total. The van der Waals surface area contributed by atoms with Crippen molar-refractivity contribution in [1.82, 2.24) is 0 Å². The molecule has 0 radical (unpaired) electrons. The molecule has 0 aliphatic carbocycles. The summed E-state index contributed by atoms with van der Waals surface area (Å²) in [6.45, 7) is 5.60. The van der Waals surface area contributed by atoms with Crippen LogP contribution in [0.25, 0.3) is 11.0 Å². The van der Waals surface area contributed by atoms with Crippen LogP contribution in [0.15, 0.2) is 34.7 Å². The van der Waals surface area contributed by atoms with Gasteiger partial charge in [0, 0.05) is 16.0 Å². The zero-order valence-corrected chi connectivity index (χ0v) is 14.9. The third-order valence-corrected chi connectivity index (χ3v) is 3.94. The first-order valence-corrected chi connectivity index (χ1v) is 8.12. The summed E-state index contributed by atoms with van der Waals surface area (Å²) in [7, 11) is 0. The highest BCUT2D eigenvalue weighted by atomic mass is 35.5. The summed E-state index contributed by atoms with van der Waals surface area (Å²) in [6, 6.07) is 7.25. The Balaban J connectivity index is 0.00000100. The number of benzene rings is 2. The Bertz CT molecular complexity index is 919. The lowest BCUT2D eigenvalue weighted by Gasteiger charge is -2.02. The Morgan fingerprint density at radius 2 is 1.83 bits per heavy atom. The summed E-state index contributed by atoms with van der Waals surface area (Å²) >= 11 is 11.8. The summed E-state index contributed by atoms with van der Waals surface area (Å²) < 4.78 is 19.2. The molecule has 3 rings (SSSR count). The van der Waals surface area contributed by atoms with E-state index in [0.717, 1.165) is 0 Å². The number of hydrogen-bond acceptors (Lipinski definition) is 3. The Morgan fingerprint density at radius 3 is 2.46 bits per heavy atom. The minimum absolute atomic E-state index is 0.0655. The number of ketones is 1. The van der Waals surface area contributed by atoms with Crippen LogP contribution in [-0.2, 0) is 0 Å². The fourth-order valence-corrected chi connectivity index (χ4v) is 2.70. The topological polar surface area (TPSA) is 56.2 Å². The second-order valence-corrected chi connectivity index (χ2v) is 5.74. The third-order valence-electron chi connectivity index (χ3n) is 3.39. The van der Waals surface area contributed by atoms with Crippen LogP contribution in [0.2, 0.25) is 10.0 Å². The van der Waals surface area contributed by atoms with Crippen molar-refractivity contribution in [2.45, 2.75) is 20.8 Å². The standard InChI is InChI=1S/C16H10Cl2FNO2.C2H6/c1-7-4-13-10(6-12(7)19)14(20)16(22-13)15(21)9-3-2-8(17)5-11(9)18;1-2/h2-6H,20H2,1H3;1-2H3. The van der Waals surface area contributed by atoms with Crippen molar-refractivity contribution in [3.8, 4) is 0 Å². The summed E-state index contributed by atoms with van der Waals surface area (Å²) in [5, 5.41) is 0.966. The van der Waals surface area contributed by atoms with E-state index in [1.165, 1.54) is 24.3 Å². The third kappa shape index (κ3) is 3.25. The maximum atomic E-state index is 13.7. The van der Waals surface area contributed by atoms with Crippen LogP contribution in [-0.4, -0.2) is 5.78 Å². The molecule has 24 heavy (non-hydrogen) atoms. The minimum atomic E-state index is -0.478. The van der Waals surface area contributed by atoms with Crippen LogP contribution in [0.3, 0.4) is 0 Å². The highest BCUT2D eigenvalue weighted by Gasteiger charge is 2.22. The summed E-state index contributed by atoms with van der Waals surface area (Å²) in [5.41, 5.74) is 6.99. The van der Waals surface area contributed by atoms with E-state index in [2.05, 4.69) is 0 Å². The number of rotatable bonds is 2. The van der Waals surface area contributed by atoms with Gasteiger partial charge in [0.1, 0.15) is 11.4 Å². The molecule has 6 heteroatoms. The predicted octanol–water partition coefficient (Wildman–Crippen LogP) is 6.03. The molecule has 0 bridgehead atoms. The van der Waals surface area contributed by atoms with Gasteiger partial charge in [-0.3, -0.25) is 4.79 Å². The smallest absolute Gasteiger partial charge is 0.231 e. The lowest BCUT2D eigenvalue weighted by molar-refractivity contribution is 0.101. The van der Waals surface area contributed by atoms with Gasteiger partial charge in [0.05, 0.1) is 10.7 Å². The Labute approximate surface area is 149 Å². The number of fused-ring (bicyclic) bond motifs is 1. The molecule has 0 saturated heterocycles. The number of anilines is 1. The largest absolute Gasteiger partial charge is 0.450 e. The van der Waals surface area contributed by atoms with Gasteiger partial charge in [-0.2, -0.15) is 0 Å². The molecule has 0 atom stereocenters. The van der Waals surface area contributed by atoms with Gasteiger partial charge in [0.15, 0.2) is 5.76 Å². The van der Waals surface area contributed by atoms with Gasteiger partial charge in [-0.15, -0.1) is 0 Å². The zero-order chi connectivity index (χ0) is 18.0. The van der Waals surface area contributed by atoms with Gasteiger partial charge in [0.2, 0.25) is 5.78 Å². The number of carbonyl (C=O) groups is 1. The minimum Gasteiger partial charge on any atom is -0.450 e. The maximum absolute atomic E-state index is 13.7. The molecule has 2 N–H and O–H groups in total. The van der Waals surface area contributed by atoms with E-state index in [-0.39, 0.29) is 22.0 Å². The molecular weight excluding hydrogens is 352 g/mol. The number of aryl methyl sites for hydroxylation is 1. The second-order valence-electron chi connectivity index (χ2n) is 4.90. The van der Waals surface area contributed by atoms with Crippen LogP contribution in [0, 0.1) is 12.7 Å². The zero-order valence-electron chi connectivity index (χ0n) is 13.4. The van der Waals surface area contributed by atoms with Gasteiger partial charge in [-0.05, 0) is 42.8 Å². The Morgan fingerprint density at radius 1 is 1.17 bits per heavy atom. The summed E-state index contributed by atoms with van der Waals surface area (Å²) in [4.78, 5) is 12.5. The van der Waals surface area contributed by atoms with Crippen LogP contribution in [0.1, 0.15) is 35.5 Å². The molecule has 2 aromatic carbocycles. The van der Waals surface area contributed by atoms with E-state index in [9.17, 15) is 9.18 Å². The van der Waals surface area contributed by atoms with Crippen molar-refractivity contribution in [1.29, 1.82) is 0 Å². The van der Waals surface area contributed by atoms with E-state index in [0.29, 0.717) is 21.6 Å². The lowest BCUT2D eigenvalue weighted by Crippen LogP contribution is -2.03. The molecule has 0 saturated carbocycles. The molecule has 126 valence electrons. The molecule has 0 spiro atoms. The van der Waals surface area contributed by atoms with Crippen molar-refractivity contribution in [3.05, 3.63) is 63.1 Å². The van der Waals surface area contributed by atoms with Crippen LogP contribution in [0.4, 0.5) is 10.1 Å². The van der Waals surface area contributed by atoms with E-state index < -0.39 is 11.6 Å². The molecule has 1 aromatic heterocycles. The molecule has 0 fully saturated rings. The molecular formula is C18H16Cl2FNO2. The summed E-state index contributed by atoms with van der Waals surface area (Å²) in [5.74, 6) is -0.957. The first kappa shape index (κ1) is 18.3. The fourth-order valence-electron chi connectivity index (χ4n) is 2.20. The molecule has 0 aliphatic rings. The van der Waals surface area contributed by atoms with Crippen molar-refractivity contribution in [2.75, 3.05) is 5.73 Å². The average Bonchev–Trinajstić information content (AvgIpc) is 2.86. The average molecular weight is 368 g/mol. The molecule has 0 aliphatic heterocycles. The predicted molar refractivity (Wildman–Crippen MR) is 96.6 cm³/mol. The van der Waals surface area contributed by atoms with Crippen LogP contribution < -0.4 is 5.73 Å². The maximum Gasteiger partial charge on any atom is 0.231 e. The first-order chi connectivity index (χ1) is 11.4. The van der Waals surface area contributed by atoms with Gasteiger partial charge in [-0.25, -0.2) is 4.39 Å². The number of halogens is 3. The fraction of sp³-hybridized carbons (Fsp3) is 0.167. The molecule has 3 aromatic rings. The molecule has 0 unspecified atom stereocenters. The van der Waals surface area contributed by atoms with Crippen LogP contribution in [0.5, 0.6) is 0 Å². The number of hydrogen-bond donors (Lipinski definition) is 1. The first-order valence-electron chi connectivity index (χ1n) is 7.36. The number of nitrogen functional groups attached to an aromatic ring is 1. The van der Waals surface area contributed by atoms with Gasteiger partial charge >= 0.3 is 0 Å². The van der Waals surface area contributed by atoms with Gasteiger partial charge in [0.25, 0.3) is 0 Å². The number of carbonyl (C=O) groups excluding carboxylic acids is 1. The lowest BCUT2D eigenvalue weighted by atomic mass is 10.1. The van der Waals surface area contributed by atoms with E-state index in [4.69, 9.17) is 33.4 Å². The molecule has 0 amide bonds. The number of furan rings is 1. The van der Waals surface area contributed by atoms with E-state index in [1.807, 2.05) is 13.8 Å². The SMILES string of the molecule is CC.Cc1cc2oc(C(=O)c3ccc(Cl)cc3Cl)c(N)c2cc1F.